The number of aliphatic carboxylic acids is 1. The number of halogens is 3. The topological polar surface area (TPSA) is 68.0 Å². The van der Waals surface area contributed by atoms with Gasteiger partial charge in [0, 0.05) is 18.9 Å². The van der Waals surface area contributed by atoms with Crippen molar-refractivity contribution in [2.75, 3.05) is 0 Å². The minimum Gasteiger partial charge on any atom is -0.475 e. The molecule has 5 nitrogen and oxygen atoms in total. The highest BCUT2D eigenvalue weighted by Crippen LogP contribution is 2.28. The lowest BCUT2D eigenvalue weighted by molar-refractivity contribution is -0.192. The van der Waals surface area contributed by atoms with E-state index in [1.165, 1.54) is 37.1 Å². The van der Waals surface area contributed by atoms with Gasteiger partial charge < -0.3 is 9.67 Å². The molecule has 2 aromatic rings. The van der Waals surface area contributed by atoms with Crippen LogP contribution in [0.3, 0.4) is 0 Å². The van der Waals surface area contributed by atoms with Crippen LogP contribution < -0.4 is 0 Å². The van der Waals surface area contributed by atoms with Crippen molar-refractivity contribution in [3.8, 4) is 0 Å². The number of alkyl halides is 3. The van der Waals surface area contributed by atoms with E-state index in [1.54, 1.807) is 0 Å². The Bertz CT molecular complexity index is 730. The Morgan fingerprint density at radius 1 is 1.15 bits per heavy atom. The molecule has 1 atom stereocenters. The van der Waals surface area contributed by atoms with Crippen molar-refractivity contribution in [2.24, 2.45) is 0 Å². The smallest absolute Gasteiger partial charge is 0.475 e. The number of carboxylic acids is 1. The molecule has 0 saturated heterocycles. The number of aryl methyl sites for hydroxylation is 1. The summed E-state index contributed by atoms with van der Waals surface area (Å²) in [5.41, 5.74) is 1.35. The van der Waals surface area contributed by atoms with Crippen molar-refractivity contribution < 1.29 is 23.1 Å². The summed E-state index contributed by atoms with van der Waals surface area (Å²) >= 11 is 0. The van der Waals surface area contributed by atoms with Gasteiger partial charge in [0.1, 0.15) is 11.6 Å². The average Bonchev–Trinajstić information content (AvgIpc) is 2.98. The minimum absolute atomic E-state index is 0.372. The fraction of sp³-hybridized carbons (Fsp3) is 0.526. The number of rotatable bonds is 3. The Hall–Kier alpha value is -2.38. The van der Waals surface area contributed by atoms with Crippen LogP contribution in [0.2, 0.25) is 0 Å². The standard InChI is InChI=1S/C17H23N3.C2HF3O2/c1-2-15(14-10-6-5-7-11-14)17-19-18-16-12-8-3-4-9-13-20(16)17;3-2(4,5)1(6)7/h5-7,10-11,15H,2-4,8-9,12-13H2,1H3;(H,6,7)/t15-;/m0./s1. The van der Waals surface area contributed by atoms with Crippen molar-refractivity contribution in [1.82, 2.24) is 14.8 Å². The van der Waals surface area contributed by atoms with Gasteiger partial charge in [0.25, 0.3) is 0 Å². The predicted molar refractivity (Wildman–Crippen MR) is 94.5 cm³/mol. The lowest BCUT2D eigenvalue weighted by Gasteiger charge is -2.19. The Kier molecular flexibility index (Phi) is 7.38. The van der Waals surface area contributed by atoms with E-state index in [-0.39, 0.29) is 0 Å². The highest BCUT2D eigenvalue weighted by atomic mass is 19.4. The monoisotopic (exact) mass is 383 g/mol. The van der Waals surface area contributed by atoms with E-state index in [1.807, 2.05) is 0 Å². The SMILES string of the molecule is CC[C@@H](c1ccccc1)c1nnc2n1CCCCCC2.O=C(O)C(F)(F)F. The lowest BCUT2D eigenvalue weighted by atomic mass is 9.95. The van der Waals surface area contributed by atoms with Crippen molar-refractivity contribution >= 4 is 5.97 Å². The quantitative estimate of drug-likeness (QED) is 0.843. The maximum atomic E-state index is 10.6. The molecule has 1 aromatic heterocycles. The van der Waals surface area contributed by atoms with Crippen LogP contribution in [0.1, 0.15) is 62.2 Å². The second-order valence-corrected chi connectivity index (χ2v) is 6.46. The molecule has 0 spiro atoms. The molecule has 0 radical (unpaired) electrons. The summed E-state index contributed by atoms with van der Waals surface area (Å²) in [4.78, 5) is 8.90. The molecule has 0 amide bonds. The summed E-state index contributed by atoms with van der Waals surface area (Å²) in [7, 11) is 0. The third kappa shape index (κ3) is 5.80. The van der Waals surface area contributed by atoms with E-state index in [0.29, 0.717) is 5.92 Å². The van der Waals surface area contributed by atoms with E-state index in [9.17, 15) is 13.2 Å². The molecule has 1 aliphatic heterocycles. The maximum absolute atomic E-state index is 10.6. The summed E-state index contributed by atoms with van der Waals surface area (Å²) in [6.07, 6.45) is 2.24. The molecule has 2 heterocycles. The van der Waals surface area contributed by atoms with Gasteiger partial charge in [-0.2, -0.15) is 13.2 Å². The maximum Gasteiger partial charge on any atom is 0.490 e. The number of carbonyl (C=O) groups is 1. The molecular formula is C19H24F3N3O2. The molecule has 1 aliphatic rings. The van der Waals surface area contributed by atoms with Crippen LogP contribution >= 0.6 is 0 Å². The summed E-state index contributed by atoms with van der Waals surface area (Å²) in [5.74, 6) is -0.0333. The molecule has 0 bridgehead atoms. The summed E-state index contributed by atoms with van der Waals surface area (Å²) in [6.45, 7) is 3.32. The molecular weight excluding hydrogens is 359 g/mol. The molecule has 8 heteroatoms. The number of hydrogen-bond donors (Lipinski definition) is 1. The highest BCUT2D eigenvalue weighted by Gasteiger charge is 2.38. The first-order valence-corrected chi connectivity index (χ1v) is 9.11. The second kappa shape index (κ2) is 9.53. The molecule has 0 unspecified atom stereocenters. The Labute approximate surface area is 156 Å². The number of hydrogen-bond acceptors (Lipinski definition) is 3. The summed E-state index contributed by atoms with van der Waals surface area (Å²) in [5, 5.41) is 16.1. The average molecular weight is 383 g/mol. The van der Waals surface area contributed by atoms with Crippen LogP contribution in [0.5, 0.6) is 0 Å². The van der Waals surface area contributed by atoms with Gasteiger partial charge in [-0.25, -0.2) is 4.79 Å². The van der Waals surface area contributed by atoms with Crippen molar-refractivity contribution in [2.45, 2.75) is 64.1 Å². The first-order chi connectivity index (χ1) is 12.8. The number of carboxylic acid groups (broad SMARTS) is 1. The van der Waals surface area contributed by atoms with Crippen LogP contribution in [-0.2, 0) is 17.8 Å². The number of fused-ring (bicyclic) bond motifs is 1. The number of benzene rings is 1. The van der Waals surface area contributed by atoms with Crippen LogP contribution in [0.25, 0.3) is 0 Å². The third-order valence-corrected chi connectivity index (χ3v) is 4.55. The van der Waals surface area contributed by atoms with Gasteiger partial charge in [-0.15, -0.1) is 10.2 Å². The van der Waals surface area contributed by atoms with E-state index in [4.69, 9.17) is 9.90 Å². The van der Waals surface area contributed by atoms with E-state index in [2.05, 4.69) is 52.0 Å². The van der Waals surface area contributed by atoms with Gasteiger partial charge >= 0.3 is 12.1 Å². The Morgan fingerprint density at radius 3 is 2.37 bits per heavy atom. The summed E-state index contributed by atoms with van der Waals surface area (Å²) in [6, 6.07) is 10.7. The molecule has 1 N–H and O–H groups in total. The summed E-state index contributed by atoms with van der Waals surface area (Å²) < 4.78 is 34.1. The molecule has 0 saturated carbocycles. The lowest BCUT2D eigenvalue weighted by Crippen LogP contribution is -2.21. The van der Waals surface area contributed by atoms with Gasteiger partial charge in [0.05, 0.1) is 0 Å². The minimum atomic E-state index is -5.08. The zero-order valence-electron chi connectivity index (χ0n) is 15.2. The fourth-order valence-corrected chi connectivity index (χ4v) is 3.19. The number of aromatic nitrogens is 3. The zero-order chi connectivity index (χ0) is 19.9. The third-order valence-electron chi connectivity index (χ3n) is 4.55. The van der Waals surface area contributed by atoms with Gasteiger partial charge in [-0.3, -0.25) is 0 Å². The van der Waals surface area contributed by atoms with E-state index < -0.39 is 12.1 Å². The van der Waals surface area contributed by atoms with Crippen LogP contribution in [0.15, 0.2) is 30.3 Å². The first-order valence-electron chi connectivity index (χ1n) is 9.11. The number of nitrogens with zero attached hydrogens (tertiary/aromatic N) is 3. The molecule has 27 heavy (non-hydrogen) atoms. The van der Waals surface area contributed by atoms with Crippen molar-refractivity contribution in [1.29, 1.82) is 0 Å². The molecule has 0 aliphatic carbocycles. The van der Waals surface area contributed by atoms with Crippen molar-refractivity contribution in [3.05, 3.63) is 47.5 Å². The van der Waals surface area contributed by atoms with Gasteiger partial charge in [-0.05, 0) is 24.8 Å². The van der Waals surface area contributed by atoms with E-state index >= 15 is 0 Å². The van der Waals surface area contributed by atoms with Crippen molar-refractivity contribution in [3.63, 3.8) is 0 Å². The molecule has 0 fully saturated rings. The highest BCUT2D eigenvalue weighted by molar-refractivity contribution is 5.73. The predicted octanol–water partition coefficient (Wildman–Crippen LogP) is 4.57. The van der Waals surface area contributed by atoms with E-state index in [0.717, 1.165) is 25.2 Å². The molecule has 148 valence electrons. The first kappa shape index (κ1) is 20.9. The van der Waals surface area contributed by atoms with Crippen LogP contribution in [0.4, 0.5) is 13.2 Å². The Balaban J connectivity index is 0.000000321. The fourth-order valence-electron chi connectivity index (χ4n) is 3.19. The second-order valence-electron chi connectivity index (χ2n) is 6.46. The largest absolute Gasteiger partial charge is 0.490 e. The van der Waals surface area contributed by atoms with Gasteiger partial charge in [0.2, 0.25) is 0 Å². The van der Waals surface area contributed by atoms with Gasteiger partial charge in [0.15, 0.2) is 0 Å². The molecule has 3 rings (SSSR count). The normalized spacial score (nSPS) is 15.6. The van der Waals surface area contributed by atoms with Crippen LogP contribution in [0, 0.1) is 0 Å². The molecule has 1 aromatic carbocycles. The van der Waals surface area contributed by atoms with Crippen LogP contribution in [-0.4, -0.2) is 32.0 Å². The Morgan fingerprint density at radius 2 is 1.78 bits per heavy atom. The van der Waals surface area contributed by atoms with Gasteiger partial charge in [-0.1, -0.05) is 50.1 Å². The zero-order valence-corrected chi connectivity index (χ0v) is 15.2.